The van der Waals surface area contributed by atoms with Crippen LogP contribution in [0.15, 0.2) is 35.9 Å². The number of allylic oxidation sites excluding steroid dienone is 3. The van der Waals surface area contributed by atoms with Crippen LogP contribution in [0, 0.1) is 0 Å². The average Bonchev–Trinajstić information content (AvgIpc) is 2.94. The number of benzene rings is 1. The van der Waals surface area contributed by atoms with Crippen LogP contribution in [0.3, 0.4) is 0 Å². The van der Waals surface area contributed by atoms with E-state index in [1.165, 1.54) is 37.3 Å². The maximum Gasteiger partial charge on any atom is 0.328 e. The van der Waals surface area contributed by atoms with Gasteiger partial charge in [-0.3, -0.25) is 0 Å². The Kier molecular flexibility index (Phi) is 4.90. The maximum absolute atomic E-state index is 10.7. The van der Waals surface area contributed by atoms with E-state index in [0.717, 1.165) is 12.0 Å². The molecule has 2 nitrogen and oxygen atoms in total. The van der Waals surface area contributed by atoms with Crippen LogP contribution in [0.2, 0.25) is 0 Å². The minimum atomic E-state index is -0.880. The molecule has 0 aliphatic heterocycles. The fourth-order valence-electron chi connectivity index (χ4n) is 4.92. The van der Waals surface area contributed by atoms with Crippen LogP contribution < -0.4 is 0 Å². The van der Waals surface area contributed by atoms with Crippen molar-refractivity contribution in [3.05, 3.63) is 58.2 Å². The van der Waals surface area contributed by atoms with Crippen LogP contribution in [-0.2, 0) is 22.0 Å². The Bertz CT molecular complexity index is 778. The number of rotatable bonds is 4. The van der Waals surface area contributed by atoms with Crippen LogP contribution in [0.1, 0.15) is 88.5 Å². The van der Waals surface area contributed by atoms with Gasteiger partial charge in [0, 0.05) is 6.08 Å². The largest absolute Gasteiger partial charge is 0.478 e. The van der Waals surface area contributed by atoms with Crippen LogP contribution in [0.5, 0.6) is 0 Å². The molecule has 140 valence electrons. The third-order valence-corrected chi connectivity index (χ3v) is 6.47. The van der Waals surface area contributed by atoms with E-state index in [0.29, 0.717) is 5.92 Å². The number of carbonyl (C=O) groups is 1. The van der Waals surface area contributed by atoms with E-state index in [-0.39, 0.29) is 10.8 Å². The molecule has 0 aromatic heterocycles. The molecule has 0 amide bonds. The zero-order valence-corrected chi connectivity index (χ0v) is 16.9. The molecular formula is C24H32O2. The van der Waals surface area contributed by atoms with E-state index < -0.39 is 5.97 Å². The van der Waals surface area contributed by atoms with Crippen molar-refractivity contribution in [3.63, 3.8) is 0 Å². The number of carboxylic acid groups (broad SMARTS) is 1. The highest BCUT2D eigenvalue weighted by molar-refractivity contribution is 5.81. The van der Waals surface area contributed by atoms with Gasteiger partial charge in [0.2, 0.25) is 0 Å². The molecule has 3 rings (SSSR count). The van der Waals surface area contributed by atoms with Crippen molar-refractivity contribution >= 4 is 5.97 Å². The smallest absolute Gasteiger partial charge is 0.328 e. The fourth-order valence-corrected chi connectivity index (χ4v) is 4.92. The first-order chi connectivity index (χ1) is 12.1. The van der Waals surface area contributed by atoms with Crippen molar-refractivity contribution in [1.29, 1.82) is 0 Å². The Morgan fingerprint density at radius 2 is 1.88 bits per heavy atom. The molecule has 2 aliphatic carbocycles. The molecule has 1 aromatic rings. The first kappa shape index (κ1) is 18.9. The van der Waals surface area contributed by atoms with Gasteiger partial charge in [-0.05, 0) is 83.6 Å². The Morgan fingerprint density at radius 1 is 1.19 bits per heavy atom. The lowest BCUT2D eigenvalue weighted by Crippen LogP contribution is -2.35. The number of aliphatic carboxylic acids is 1. The van der Waals surface area contributed by atoms with Gasteiger partial charge in [0.05, 0.1) is 0 Å². The molecule has 1 aromatic carbocycles. The van der Waals surface area contributed by atoms with Crippen LogP contribution >= 0.6 is 0 Å². The van der Waals surface area contributed by atoms with Crippen molar-refractivity contribution in [2.45, 2.75) is 83.5 Å². The lowest BCUT2D eigenvalue weighted by atomic mass is 9.61. The predicted octanol–water partition coefficient (Wildman–Crippen LogP) is 6.04. The molecule has 0 fully saturated rings. The van der Waals surface area contributed by atoms with Gasteiger partial charge in [-0.1, -0.05) is 52.0 Å². The summed E-state index contributed by atoms with van der Waals surface area (Å²) in [5.41, 5.74) is 7.65. The van der Waals surface area contributed by atoms with Gasteiger partial charge in [0.25, 0.3) is 0 Å². The molecule has 1 unspecified atom stereocenters. The summed E-state index contributed by atoms with van der Waals surface area (Å²) in [7, 11) is 0. The molecular weight excluding hydrogens is 320 g/mol. The standard InChI is InChI=1S/C24H32O2/c1-16(15-21(25)26)7-6-8-17-9-10-19-18(17)11-12-20-22(19)24(4,5)14-13-23(20,2)3/h6-7,11-12,15,17H,8-10,13-14H2,1-5H3,(H,25,26)/b7-6+,16-15+. The van der Waals surface area contributed by atoms with Gasteiger partial charge in [0.15, 0.2) is 0 Å². The molecule has 0 saturated heterocycles. The summed E-state index contributed by atoms with van der Waals surface area (Å²) in [5.74, 6) is -0.320. The SMILES string of the molecule is CC(/C=C/CC1CCc2c1ccc1c2C(C)(C)CCC1(C)C)=C\C(=O)O. The van der Waals surface area contributed by atoms with Gasteiger partial charge >= 0.3 is 5.97 Å². The molecule has 0 heterocycles. The second kappa shape index (κ2) is 6.72. The average molecular weight is 353 g/mol. The Morgan fingerprint density at radius 3 is 2.58 bits per heavy atom. The third-order valence-electron chi connectivity index (χ3n) is 6.47. The highest BCUT2D eigenvalue weighted by Gasteiger charge is 2.40. The number of hydrogen-bond donors (Lipinski definition) is 1. The van der Waals surface area contributed by atoms with Crippen molar-refractivity contribution in [2.75, 3.05) is 0 Å². The van der Waals surface area contributed by atoms with Crippen molar-refractivity contribution in [1.82, 2.24) is 0 Å². The zero-order chi connectivity index (χ0) is 19.1. The molecule has 1 N–H and O–H groups in total. The normalized spacial score (nSPS) is 23.7. The summed E-state index contributed by atoms with van der Waals surface area (Å²) in [6.07, 6.45) is 11.2. The molecule has 26 heavy (non-hydrogen) atoms. The van der Waals surface area contributed by atoms with E-state index in [1.54, 1.807) is 16.7 Å². The summed E-state index contributed by atoms with van der Waals surface area (Å²) < 4.78 is 0. The first-order valence-electron chi connectivity index (χ1n) is 9.86. The lowest BCUT2D eigenvalue weighted by Gasteiger charge is -2.43. The molecule has 0 spiro atoms. The van der Waals surface area contributed by atoms with Gasteiger partial charge in [-0.15, -0.1) is 0 Å². The topological polar surface area (TPSA) is 37.3 Å². The van der Waals surface area contributed by atoms with E-state index in [4.69, 9.17) is 5.11 Å². The summed E-state index contributed by atoms with van der Waals surface area (Å²) in [6.45, 7) is 11.4. The second-order valence-electron chi connectivity index (χ2n) is 9.42. The molecule has 0 radical (unpaired) electrons. The maximum atomic E-state index is 10.7. The highest BCUT2D eigenvalue weighted by atomic mass is 16.4. The summed E-state index contributed by atoms with van der Waals surface area (Å²) >= 11 is 0. The fraction of sp³-hybridized carbons (Fsp3) is 0.542. The zero-order valence-electron chi connectivity index (χ0n) is 16.9. The van der Waals surface area contributed by atoms with E-state index >= 15 is 0 Å². The highest BCUT2D eigenvalue weighted by Crippen LogP contribution is 2.51. The van der Waals surface area contributed by atoms with Crippen molar-refractivity contribution in [3.8, 4) is 0 Å². The van der Waals surface area contributed by atoms with Crippen LogP contribution in [0.25, 0.3) is 0 Å². The van der Waals surface area contributed by atoms with E-state index in [9.17, 15) is 4.79 Å². The molecule has 2 aliphatic rings. The summed E-state index contributed by atoms with van der Waals surface area (Å²) in [4.78, 5) is 10.7. The quantitative estimate of drug-likeness (QED) is 0.529. The van der Waals surface area contributed by atoms with Crippen LogP contribution in [0.4, 0.5) is 0 Å². The Balaban J connectivity index is 1.89. The van der Waals surface area contributed by atoms with Gasteiger partial charge in [0.1, 0.15) is 0 Å². The van der Waals surface area contributed by atoms with Crippen molar-refractivity contribution in [2.24, 2.45) is 0 Å². The summed E-state index contributed by atoms with van der Waals surface area (Å²) in [5, 5.41) is 8.82. The van der Waals surface area contributed by atoms with Gasteiger partial charge in [-0.25, -0.2) is 4.79 Å². The predicted molar refractivity (Wildman–Crippen MR) is 108 cm³/mol. The minimum absolute atomic E-state index is 0.266. The van der Waals surface area contributed by atoms with E-state index in [1.807, 2.05) is 13.0 Å². The Hall–Kier alpha value is -1.83. The lowest BCUT2D eigenvalue weighted by molar-refractivity contribution is -0.131. The van der Waals surface area contributed by atoms with Gasteiger partial charge < -0.3 is 5.11 Å². The second-order valence-corrected chi connectivity index (χ2v) is 9.42. The Labute approximate surface area is 158 Å². The number of hydrogen-bond acceptors (Lipinski definition) is 1. The number of fused-ring (bicyclic) bond motifs is 3. The number of carboxylic acids is 1. The van der Waals surface area contributed by atoms with Gasteiger partial charge in [-0.2, -0.15) is 0 Å². The van der Waals surface area contributed by atoms with Crippen molar-refractivity contribution < 1.29 is 9.90 Å². The summed E-state index contributed by atoms with van der Waals surface area (Å²) in [6, 6.07) is 4.77. The monoisotopic (exact) mass is 352 g/mol. The molecule has 2 heteroatoms. The van der Waals surface area contributed by atoms with E-state index in [2.05, 4.69) is 45.9 Å². The molecule has 0 bridgehead atoms. The van der Waals surface area contributed by atoms with Crippen LogP contribution in [-0.4, -0.2) is 11.1 Å². The first-order valence-corrected chi connectivity index (χ1v) is 9.86. The minimum Gasteiger partial charge on any atom is -0.478 e. The molecule has 0 saturated carbocycles. The third kappa shape index (κ3) is 3.51. The molecule has 1 atom stereocenters.